The van der Waals surface area contributed by atoms with Crippen molar-refractivity contribution in [3.05, 3.63) is 48.2 Å². The smallest absolute Gasteiger partial charge is 0.157 e. The Morgan fingerprint density at radius 1 is 1.18 bits per heavy atom. The van der Waals surface area contributed by atoms with Crippen LogP contribution in [0, 0.1) is 6.92 Å². The lowest BCUT2D eigenvalue weighted by molar-refractivity contribution is 0.564. The Morgan fingerprint density at radius 3 is 2.73 bits per heavy atom. The highest BCUT2D eigenvalue weighted by molar-refractivity contribution is 8.19. The van der Waals surface area contributed by atoms with Gasteiger partial charge in [-0.25, -0.2) is 4.78 Å². The third kappa shape index (κ3) is 2.09. The Bertz CT molecular complexity index is 768. The Morgan fingerprint density at radius 2 is 2.00 bits per heavy atom. The van der Waals surface area contributed by atoms with Gasteiger partial charge in [-0.05, 0) is 50.5 Å². The highest BCUT2D eigenvalue weighted by Crippen LogP contribution is 2.62. The van der Waals surface area contributed by atoms with Gasteiger partial charge in [-0.15, -0.1) is 0 Å². The molecule has 1 saturated carbocycles. The van der Waals surface area contributed by atoms with E-state index >= 15 is 0 Å². The van der Waals surface area contributed by atoms with Crippen molar-refractivity contribution in [3.8, 4) is 0 Å². The van der Waals surface area contributed by atoms with Crippen molar-refractivity contribution >= 4 is 34.9 Å². The molecule has 2 heterocycles. The van der Waals surface area contributed by atoms with Gasteiger partial charge >= 0.3 is 0 Å². The Kier molecular flexibility index (Phi) is 3.47. The van der Waals surface area contributed by atoms with E-state index in [9.17, 15) is 0 Å². The first-order valence-corrected chi connectivity index (χ1v) is 10.6. The van der Waals surface area contributed by atoms with Crippen LogP contribution in [0.3, 0.4) is 0 Å². The van der Waals surface area contributed by atoms with Gasteiger partial charge in [0.05, 0.1) is 11.3 Å². The van der Waals surface area contributed by atoms with E-state index in [0.717, 1.165) is 29.8 Å². The summed E-state index contributed by atoms with van der Waals surface area (Å²) < 4.78 is 8.12. The SMILES string of the molecule is Cc1ccc([P@]2(=S)[C@@H]3CCCCC3=NN2c2ccccc2)o1. The van der Waals surface area contributed by atoms with Gasteiger partial charge < -0.3 is 4.42 Å². The zero-order valence-electron chi connectivity index (χ0n) is 12.6. The molecule has 2 aliphatic rings. The van der Waals surface area contributed by atoms with Gasteiger partial charge in [0, 0.05) is 5.71 Å². The Hall–Kier alpha value is -1.38. The number of anilines is 1. The van der Waals surface area contributed by atoms with E-state index < -0.39 is 6.19 Å². The molecule has 3 nitrogen and oxygen atoms in total. The summed E-state index contributed by atoms with van der Waals surface area (Å²) in [7, 11) is 0. The van der Waals surface area contributed by atoms with E-state index in [0.29, 0.717) is 5.66 Å². The second kappa shape index (κ2) is 5.36. The van der Waals surface area contributed by atoms with E-state index in [1.807, 2.05) is 31.2 Å². The Balaban J connectivity index is 1.87. The maximum atomic E-state index is 6.28. The number of hydrogen-bond donors (Lipinski definition) is 0. The number of benzene rings is 1. The largest absolute Gasteiger partial charge is 0.459 e. The third-order valence-electron chi connectivity index (χ3n) is 4.50. The molecule has 0 saturated heterocycles. The zero-order valence-corrected chi connectivity index (χ0v) is 14.3. The molecule has 0 bridgehead atoms. The topological polar surface area (TPSA) is 28.7 Å². The lowest BCUT2D eigenvalue weighted by atomic mass is 9.98. The zero-order chi connectivity index (χ0) is 15.2. The minimum absolute atomic E-state index is 0.377. The number of nitrogens with zero attached hydrogens (tertiary/aromatic N) is 2. The molecule has 22 heavy (non-hydrogen) atoms. The van der Waals surface area contributed by atoms with E-state index in [4.69, 9.17) is 21.3 Å². The molecule has 0 radical (unpaired) electrons. The number of hydrogen-bond acceptors (Lipinski definition) is 3. The maximum absolute atomic E-state index is 6.28. The first-order valence-electron chi connectivity index (χ1n) is 7.79. The van der Waals surface area contributed by atoms with Crippen LogP contribution in [0.2, 0.25) is 0 Å². The lowest BCUT2D eigenvalue weighted by Gasteiger charge is -2.31. The second-order valence-electron chi connectivity index (χ2n) is 5.99. The summed E-state index contributed by atoms with van der Waals surface area (Å²) in [6.07, 6.45) is 2.61. The highest BCUT2D eigenvalue weighted by Gasteiger charge is 2.47. The summed E-state index contributed by atoms with van der Waals surface area (Å²) in [4.78, 5) is 0. The summed E-state index contributed by atoms with van der Waals surface area (Å²) in [6, 6.07) is 14.4. The molecule has 0 unspecified atom stereocenters. The Labute approximate surface area is 136 Å². The van der Waals surface area contributed by atoms with Gasteiger partial charge in [-0.1, -0.05) is 36.4 Å². The van der Waals surface area contributed by atoms with E-state index in [2.05, 4.69) is 23.0 Å². The average molecular weight is 330 g/mol. The first-order chi connectivity index (χ1) is 10.7. The number of aryl methyl sites for hydroxylation is 1. The predicted molar refractivity (Wildman–Crippen MR) is 96.0 cm³/mol. The molecule has 0 spiro atoms. The molecule has 2 atom stereocenters. The van der Waals surface area contributed by atoms with Crippen molar-refractivity contribution in [3.63, 3.8) is 0 Å². The van der Waals surface area contributed by atoms with Gasteiger partial charge in [0.25, 0.3) is 0 Å². The standard InChI is InChI=1S/C17H19N2OPS/c1-13-11-12-17(20-13)21(22)16-10-6-5-9-15(16)18-19(21)14-7-3-2-4-8-14/h2-4,7-8,11-12,16H,5-6,9-10H2,1H3/t16-,21-/m1/s1. The summed E-state index contributed by atoms with van der Waals surface area (Å²) >= 11 is 6.28. The van der Waals surface area contributed by atoms with Crippen LogP contribution in [0.25, 0.3) is 0 Å². The van der Waals surface area contributed by atoms with Gasteiger partial charge in [-0.3, -0.25) is 0 Å². The van der Waals surface area contributed by atoms with Crippen molar-refractivity contribution in [2.24, 2.45) is 5.10 Å². The molecule has 5 heteroatoms. The van der Waals surface area contributed by atoms with Crippen LogP contribution in [-0.2, 0) is 11.8 Å². The molecular formula is C17H19N2OPS. The van der Waals surface area contributed by atoms with Crippen LogP contribution in [-0.4, -0.2) is 11.4 Å². The van der Waals surface area contributed by atoms with Crippen LogP contribution < -0.4 is 10.3 Å². The number of furan rings is 1. The monoisotopic (exact) mass is 330 g/mol. The minimum Gasteiger partial charge on any atom is -0.459 e. The van der Waals surface area contributed by atoms with Crippen LogP contribution in [0.15, 0.2) is 52.0 Å². The molecule has 4 rings (SSSR count). The van der Waals surface area contributed by atoms with E-state index in [1.54, 1.807) is 0 Å². The minimum atomic E-state index is -2.07. The summed E-state index contributed by atoms with van der Waals surface area (Å²) in [5, 5.41) is 4.95. The number of fused-ring (bicyclic) bond motifs is 1. The van der Waals surface area contributed by atoms with Crippen LogP contribution in [0.1, 0.15) is 31.4 Å². The summed E-state index contributed by atoms with van der Waals surface area (Å²) in [5.74, 6) is 0.927. The molecule has 0 amide bonds. The predicted octanol–water partition coefficient (Wildman–Crippen LogP) is 4.43. The third-order valence-corrected chi connectivity index (χ3v) is 9.42. The molecule has 114 valence electrons. The van der Waals surface area contributed by atoms with Crippen LogP contribution in [0.5, 0.6) is 0 Å². The summed E-state index contributed by atoms with van der Waals surface area (Å²) in [5.41, 5.74) is 3.70. The fraction of sp³-hybridized carbons (Fsp3) is 0.353. The second-order valence-corrected chi connectivity index (χ2v) is 10.3. The van der Waals surface area contributed by atoms with Crippen molar-refractivity contribution in [1.82, 2.24) is 0 Å². The average Bonchev–Trinajstić information content (AvgIpc) is 3.12. The highest BCUT2D eigenvalue weighted by atomic mass is 32.4. The maximum Gasteiger partial charge on any atom is 0.157 e. The molecule has 2 aromatic rings. The molecule has 0 N–H and O–H groups in total. The van der Waals surface area contributed by atoms with Crippen molar-refractivity contribution in [2.75, 3.05) is 4.78 Å². The molecule has 1 aromatic carbocycles. The van der Waals surface area contributed by atoms with Crippen molar-refractivity contribution < 1.29 is 4.42 Å². The quantitative estimate of drug-likeness (QED) is 0.763. The molecular weight excluding hydrogens is 311 g/mol. The van der Waals surface area contributed by atoms with Crippen molar-refractivity contribution in [1.29, 1.82) is 0 Å². The van der Waals surface area contributed by atoms with Crippen LogP contribution >= 0.6 is 6.19 Å². The molecule has 1 aliphatic carbocycles. The lowest BCUT2D eigenvalue weighted by Crippen LogP contribution is -2.27. The number of hydrazone groups is 1. The van der Waals surface area contributed by atoms with Gasteiger partial charge in [-0.2, -0.15) is 5.10 Å². The van der Waals surface area contributed by atoms with Crippen molar-refractivity contribution in [2.45, 2.75) is 38.3 Å². The fourth-order valence-corrected chi connectivity index (χ4v) is 7.95. The molecule has 1 fully saturated rings. The van der Waals surface area contributed by atoms with Gasteiger partial charge in [0.2, 0.25) is 0 Å². The number of rotatable bonds is 2. The van der Waals surface area contributed by atoms with Gasteiger partial charge in [0.1, 0.15) is 11.9 Å². The normalized spacial score (nSPS) is 27.6. The van der Waals surface area contributed by atoms with Crippen LogP contribution in [0.4, 0.5) is 5.69 Å². The van der Waals surface area contributed by atoms with Gasteiger partial charge in [0.15, 0.2) is 5.50 Å². The molecule has 1 aromatic heterocycles. The summed E-state index contributed by atoms with van der Waals surface area (Å²) in [6.45, 7) is 1.98. The first kappa shape index (κ1) is 14.2. The van der Waals surface area contributed by atoms with E-state index in [1.165, 1.54) is 18.6 Å². The molecule has 1 aliphatic heterocycles. The fourth-order valence-electron chi connectivity index (χ4n) is 3.42. The van der Waals surface area contributed by atoms with E-state index in [-0.39, 0.29) is 0 Å². The number of para-hydroxylation sites is 1.